The van der Waals surface area contributed by atoms with Gasteiger partial charge in [0.15, 0.2) is 0 Å². The van der Waals surface area contributed by atoms with Gasteiger partial charge < -0.3 is 10.1 Å². The third-order valence-electron chi connectivity index (χ3n) is 2.96. The van der Waals surface area contributed by atoms with Gasteiger partial charge in [-0.25, -0.2) is 0 Å². The van der Waals surface area contributed by atoms with E-state index in [0.717, 1.165) is 13.1 Å². The minimum atomic E-state index is 0.298. The number of hydrogen-bond acceptors (Lipinski definition) is 2. The quantitative estimate of drug-likeness (QED) is 0.715. The predicted molar refractivity (Wildman–Crippen MR) is 68.8 cm³/mol. The van der Waals surface area contributed by atoms with Crippen LogP contribution in [0.1, 0.15) is 31.7 Å². The Morgan fingerprint density at radius 2 is 1.88 bits per heavy atom. The Labute approximate surface area is 99.0 Å². The summed E-state index contributed by atoms with van der Waals surface area (Å²) in [4.78, 5) is 0. The van der Waals surface area contributed by atoms with Crippen LogP contribution in [0.25, 0.3) is 0 Å². The molecule has 2 heteroatoms. The van der Waals surface area contributed by atoms with E-state index >= 15 is 0 Å². The van der Waals surface area contributed by atoms with E-state index in [4.69, 9.17) is 4.74 Å². The Balaban J connectivity index is 2.18. The molecular weight excluding hydrogens is 198 g/mol. The monoisotopic (exact) mass is 221 g/mol. The van der Waals surface area contributed by atoms with Crippen molar-refractivity contribution in [2.45, 2.75) is 32.3 Å². The van der Waals surface area contributed by atoms with Crippen molar-refractivity contribution in [1.82, 2.24) is 5.32 Å². The maximum Gasteiger partial charge on any atom is 0.0667 e. The predicted octanol–water partition coefficient (Wildman–Crippen LogP) is 2.80. The van der Waals surface area contributed by atoms with Crippen LogP contribution in [0.2, 0.25) is 0 Å². The van der Waals surface area contributed by atoms with Gasteiger partial charge in [-0.05, 0) is 31.4 Å². The number of rotatable bonds is 7. The molecule has 1 N–H and O–H groups in total. The van der Waals surface area contributed by atoms with Crippen molar-refractivity contribution in [3.8, 4) is 0 Å². The van der Waals surface area contributed by atoms with Gasteiger partial charge in [-0.1, -0.05) is 37.3 Å². The van der Waals surface area contributed by atoms with E-state index in [1.54, 1.807) is 7.11 Å². The molecule has 0 radical (unpaired) electrons. The molecule has 0 heterocycles. The minimum Gasteiger partial charge on any atom is -0.380 e. The first-order valence-electron chi connectivity index (χ1n) is 6.02. The molecule has 90 valence electrons. The fourth-order valence-electron chi connectivity index (χ4n) is 1.66. The van der Waals surface area contributed by atoms with Crippen LogP contribution in [0.15, 0.2) is 30.3 Å². The molecular formula is C14H23NO. The summed E-state index contributed by atoms with van der Waals surface area (Å²) in [5, 5.41) is 3.41. The fraction of sp³-hybridized carbons (Fsp3) is 0.571. The Morgan fingerprint density at radius 3 is 2.50 bits per heavy atom. The highest BCUT2D eigenvalue weighted by atomic mass is 16.5. The van der Waals surface area contributed by atoms with Crippen LogP contribution in [0, 0.1) is 0 Å². The number of hydrogen-bond donors (Lipinski definition) is 1. The number of methoxy groups -OCH3 is 1. The molecule has 0 saturated carbocycles. The molecule has 0 fully saturated rings. The molecule has 0 aliphatic heterocycles. The molecule has 0 saturated heterocycles. The van der Waals surface area contributed by atoms with E-state index in [9.17, 15) is 0 Å². The van der Waals surface area contributed by atoms with Gasteiger partial charge in [-0.15, -0.1) is 0 Å². The summed E-state index contributed by atoms with van der Waals surface area (Å²) >= 11 is 0. The van der Waals surface area contributed by atoms with Crippen molar-refractivity contribution in [2.75, 3.05) is 20.2 Å². The topological polar surface area (TPSA) is 21.3 Å². The summed E-state index contributed by atoms with van der Waals surface area (Å²) < 4.78 is 5.18. The van der Waals surface area contributed by atoms with E-state index in [0.29, 0.717) is 12.0 Å². The summed E-state index contributed by atoms with van der Waals surface area (Å²) in [6, 6.07) is 10.7. The normalized spacial score (nSPS) is 14.7. The van der Waals surface area contributed by atoms with Crippen LogP contribution in [0.4, 0.5) is 0 Å². The second-order valence-electron chi connectivity index (χ2n) is 4.35. The van der Waals surface area contributed by atoms with Crippen molar-refractivity contribution in [3.05, 3.63) is 35.9 Å². The lowest BCUT2D eigenvalue weighted by atomic mass is 9.98. The van der Waals surface area contributed by atoms with Gasteiger partial charge in [0.2, 0.25) is 0 Å². The molecule has 0 amide bonds. The highest BCUT2D eigenvalue weighted by Crippen LogP contribution is 2.17. The zero-order chi connectivity index (χ0) is 11.8. The Kier molecular flexibility index (Phi) is 6.12. The van der Waals surface area contributed by atoms with Crippen molar-refractivity contribution < 1.29 is 4.74 Å². The average molecular weight is 221 g/mol. The highest BCUT2D eigenvalue weighted by molar-refractivity contribution is 5.18. The fourth-order valence-corrected chi connectivity index (χ4v) is 1.66. The molecule has 0 spiro atoms. The Bertz CT molecular complexity index is 273. The molecule has 0 aliphatic rings. The second-order valence-corrected chi connectivity index (χ2v) is 4.35. The lowest BCUT2D eigenvalue weighted by Gasteiger charge is -2.14. The summed E-state index contributed by atoms with van der Waals surface area (Å²) in [5.41, 5.74) is 1.42. The number of benzene rings is 1. The van der Waals surface area contributed by atoms with Crippen LogP contribution in [-0.4, -0.2) is 26.3 Å². The van der Waals surface area contributed by atoms with E-state index in [1.807, 2.05) is 0 Å². The van der Waals surface area contributed by atoms with Crippen LogP contribution in [0.3, 0.4) is 0 Å². The summed E-state index contributed by atoms with van der Waals surface area (Å²) in [7, 11) is 1.75. The van der Waals surface area contributed by atoms with Gasteiger partial charge in [0.1, 0.15) is 0 Å². The zero-order valence-corrected chi connectivity index (χ0v) is 10.6. The molecule has 2 unspecified atom stereocenters. The second kappa shape index (κ2) is 7.42. The van der Waals surface area contributed by atoms with Gasteiger partial charge in [0, 0.05) is 13.7 Å². The standard InChI is InChI=1S/C14H23NO/c1-12(14-7-5-4-6-8-14)9-10-15-11-13(2)16-3/h4-8,12-13,15H,9-11H2,1-3H3. The summed E-state index contributed by atoms with van der Waals surface area (Å²) in [6.45, 7) is 6.33. The van der Waals surface area contributed by atoms with Crippen molar-refractivity contribution in [1.29, 1.82) is 0 Å². The maximum absolute atomic E-state index is 5.18. The van der Waals surface area contributed by atoms with Crippen molar-refractivity contribution in [2.24, 2.45) is 0 Å². The Morgan fingerprint density at radius 1 is 1.19 bits per heavy atom. The maximum atomic E-state index is 5.18. The van der Waals surface area contributed by atoms with Crippen LogP contribution in [-0.2, 0) is 4.74 Å². The summed E-state index contributed by atoms with van der Waals surface area (Å²) in [5.74, 6) is 0.617. The molecule has 0 aliphatic carbocycles. The first kappa shape index (κ1) is 13.2. The van der Waals surface area contributed by atoms with Gasteiger partial charge in [0.25, 0.3) is 0 Å². The SMILES string of the molecule is COC(C)CNCCC(C)c1ccccc1. The number of ether oxygens (including phenoxy) is 1. The van der Waals surface area contributed by atoms with Crippen molar-refractivity contribution >= 4 is 0 Å². The zero-order valence-electron chi connectivity index (χ0n) is 10.6. The molecule has 2 nitrogen and oxygen atoms in total. The molecule has 16 heavy (non-hydrogen) atoms. The molecule has 2 atom stereocenters. The van der Waals surface area contributed by atoms with Crippen LogP contribution < -0.4 is 5.32 Å². The molecule has 0 bridgehead atoms. The lowest BCUT2D eigenvalue weighted by molar-refractivity contribution is 0.117. The van der Waals surface area contributed by atoms with Gasteiger partial charge >= 0.3 is 0 Å². The molecule has 1 aromatic rings. The smallest absolute Gasteiger partial charge is 0.0667 e. The number of nitrogens with one attached hydrogen (secondary N) is 1. The van der Waals surface area contributed by atoms with E-state index in [-0.39, 0.29) is 0 Å². The van der Waals surface area contributed by atoms with Gasteiger partial charge in [0.05, 0.1) is 6.10 Å². The average Bonchev–Trinajstić information content (AvgIpc) is 2.35. The highest BCUT2D eigenvalue weighted by Gasteiger charge is 2.04. The van der Waals surface area contributed by atoms with Crippen LogP contribution >= 0.6 is 0 Å². The largest absolute Gasteiger partial charge is 0.380 e. The lowest BCUT2D eigenvalue weighted by Crippen LogP contribution is -2.27. The molecule has 0 aromatic heterocycles. The Hall–Kier alpha value is -0.860. The summed E-state index contributed by atoms with van der Waals surface area (Å²) in [6.07, 6.45) is 1.47. The third-order valence-corrected chi connectivity index (χ3v) is 2.96. The molecule has 1 rings (SSSR count). The van der Waals surface area contributed by atoms with E-state index in [1.165, 1.54) is 12.0 Å². The van der Waals surface area contributed by atoms with E-state index in [2.05, 4.69) is 49.5 Å². The van der Waals surface area contributed by atoms with Gasteiger partial charge in [-0.3, -0.25) is 0 Å². The van der Waals surface area contributed by atoms with E-state index < -0.39 is 0 Å². The minimum absolute atomic E-state index is 0.298. The van der Waals surface area contributed by atoms with Gasteiger partial charge in [-0.2, -0.15) is 0 Å². The van der Waals surface area contributed by atoms with Crippen LogP contribution in [0.5, 0.6) is 0 Å². The third kappa shape index (κ3) is 4.77. The molecule has 1 aromatic carbocycles. The first-order chi connectivity index (χ1) is 7.74. The van der Waals surface area contributed by atoms with Crippen molar-refractivity contribution in [3.63, 3.8) is 0 Å². The first-order valence-corrected chi connectivity index (χ1v) is 6.02.